The number of rotatable bonds is 5. The molecule has 0 N–H and O–H groups in total. The Kier molecular flexibility index (Phi) is 6.37. The molecular formula is C10H22O2Si2. The van der Waals surface area contributed by atoms with Gasteiger partial charge in [-0.1, -0.05) is 19.4 Å². The van der Waals surface area contributed by atoms with Crippen LogP contribution in [0.15, 0.2) is 0 Å². The van der Waals surface area contributed by atoms with Crippen LogP contribution in [0.5, 0.6) is 0 Å². The van der Waals surface area contributed by atoms with Crippen LogP contribution in [0.3, 0.4) is 0 Å². The van der Waals surface area contributed by atoms with Gasteiger partial charge in [-0.2, -0.15) is 0 Å². The average molecular weight is 230 g/mol. The smallest absolute Gasteiger partial charge is 0.388 e. The highest BCUT2D eigenvalue weighted by Gasteiger charge is 2.27. The van der Waals surface area contributed by atoms with Gasteiger partial charge in [0.05, 0.1) is 15.8 Å². The molecule has 1 atom stereocenters. The van der Waals surface area contributed by atoms with Crippen molar-refractivity contribution >= 4 is 19.5 Å². The number of hydrogen-bond donors (Lipinski definition) is 0. The standard InChI is InChI=1S/C10H22O2Si2/c1-6-11-14(8-7-13)12-10(4,5)9(2)3/h9,14H,6H2,1-5,13H3. The molecule has 0 aromatic rings. The van der Waals surface area contributed by atoms with Crippen molar-refractivity contribution in [1.29, 1.82) is 0 Å². The largest absolute Gasteiger partial charge is 0.407 e. The van der Waals surface area contributed by atoms with Gasteiger partial charge in [0, 0.05) is 6.61 Å². The second-order valence-corrected chi connectivity index (χ2v) is 6.08. The molecule has 82 valence electrons. The SMILES string of the molecule is CCO[SiH](C#C[SiH3])OC(C)(C)C(C)C. The van der Waals surface area contributed by atoms with Crippen molar-refractivity contribution in [2.24, 2.45) is 5.92 Å². The molecule has 0 spiro atoms. The summed E-state index contributed by atoms with van der Waals surface area (Å²) in [6.45, 7) is 11.2. The van der Waals surface area contributed by atoms with E-state index in [9.17, 15) is 0 Å². The van der Waals surface area contributed by atoms with Crippen LogP contribution < -0.4 is 0 Å². The summed E-state index contributed by atoms with van der Waals surface area (Å²) in [4.78, 5) is 0. The summed E-state index contributed by atoms with van der Waals surface area (Å²) in [5.74, 6) is 0.480. The lowest BCUT2D eigenvalue weighted by Gasteiger charge is -2.31. The molecule has 0 fully saturated rings. The predicted molar refractivity (Wildman–Crippen MR) is 66.5 cm³/mol. The fourth-order valence-corrected chi connectivity index (χ4v) is 3.07. The number of hydrogen-bond acceptors (Lipinski definition) is 2. The van der Waals surface area contributed by atoms with E-state index >= 15 is 0 Å². The van der Waals surface area contributed by atoms with Gasteiger partial charge < -0.3 is 8.85 Å². The maximum absolute atomic E-state index is 5.95. The summed E-state index contributed by atoms with van der Waals surface area (Å²) in [7, 11) is -0.846. The van der Waals surface area contributed by atoms with Crippen molar-refractivity contribution in [2.45, 2.75) is 40.2 Å². The monoisotopic (exact) mass is 230 g/mol. The summed E-state index contributed by atoms with van der Waals surface area (Å²) in [5.41, 5.74) is 5.99. The average Bonchev–Trinajstić information content (AvgIpc) is 2.04. The summed E-state index contributed by atoms with van der Waals surface area (Å²) in [6.07, 6.45) is 0. The van der Waals surface area contributed by atoms with E-state index in [0.29, 0.717) is 12.5 Å². The Morgan fingerprint density at radius 3 is 2.36 bits per heavy atom. The van der Waals surface area contributed by atoms with Crippen LogP contribution in [-0.2, 0) is 8.85 Å². The first-order chi connectivity index (χ1) is 6.44. The fraction of sp³-hybridized carbons (Fsp3) is 0.800. The van der Waals surface area contributed by atoms with Crippen LogP contribution in [-0.4, -0.2) is 31.7 Å². The maximum atomic E-state index is 5.95. The molecule has 0 aromatic carbocycles. The lowest BCUT2D eigenvalue weighted by Crippen LogP contribution is -2.39. The Balaban J connectivity index is 4.32. The Labute approximate surface area is 92.6 Å². The summed E-state index contributed by atoms with van der Waals surface area (Å²) in [5, 5.41) is 0. The van der Waals surface area contributed by atoms with E-state index in [-0.39, 0.29) is 5.60 Å². The van der Waals surface area contributed by atoms with Gasteiger partial charge in [-0.05, 0) is 26.7 Å². The lowest BCUT2D eigenvalue weighted by molar-refractivity contribution is 0.0335. The van der Waals surface area contributed by atoms with E-state index in [1.807, 2.05) is 6.92 Å². The molecule has 0 saturated heterocycles. The maximum Gasteiger partial charge on any atom is 0.407 e. The van der Waals surface area contributed by atoms with Crippen molar-refractivity contribution in [2.75, 3.05) is 6.61 Å². The summed E-state index contributed by atoms with van der Waals surface area (Å²) in [6, 6.07) is 0. The van der Waals surface area contributed by atoms with Gasteiger partial charge >= 0.3 is 9.28 Å². The predicted octanol–water partition coefficient (Wildman–Crippen LogP) is 0.560. The van der Waals surface area contributed by atoms with Crippen LogP contribution >= 0.6 is 0 Å². The van der Waals surface area contributed by atoms with Crippen molar-refractivity contribution in [3.63, 3.8) is 0 Å². The van der Waals surface area contributed by atoms with E-state index in [1.165, 1.54) is 0 Å². The molecule has 0 aromatic heterocycles. The Morgan fingerprint density at radius 1 is 1.43 bits per heavy atom. The van der Waals surface area contributed by atoms with Gasteiger partial charge in [0.2, 0.25) is 0 Å². The summed E-state index contributed by atoms with van der Waals surface area (Å²) < 4.78 is 11.5. The normalized spacial score (nSPS) is 13.9. The molecule has 0 aliphatic carbocycles. The van der Waals surface area contributed by atoms with E-state index in [2.05, 4.69) is 38.8 Å². The van der Waals surface area contributed by atoms with Gasteiger partial charge in [0.1, 0.15) is 0 Å². The minimum Gasteiger partial charge on any atom is -0.388 e. The molecule has 0 rings (SSSR count). The van der Waals surface area contributed by atoms with Crippen molar-refractivity contribution in [3.8, 4) is 11.1 Å². The Hall–Kier alpha value is -0.0862. The zero-order chi connectivity index (χ0) is 11.2. The Morgan fingerprint density at radius 2 is 2.00 bits per heavy atom. The second kappa shape index (κ2) is 6.41. The summed E-state index contributed by atoms with van der Waals surface area (Å²) >= 11 is 0. The third-order valence-electron chi connectivity index (χ3n) is 2.38. The van der Waals surface area contributed by atoms with Crippen LogP contribution in [0.4, 0.5) is 0 Å². The third kappa shape index (κ3) is 4.96. The molecule has 4 heteroatoms. The van der Waals surface area contributed by atoms with Crippen LogP contribution in [0, 0.1) is 17.0 Å². The quantitative estimate of drug-likeness (QED) is 0.508. The van der Waals surface area contributed by atoms with Crippen LogP contribution in [0.1, 0.15) is 34.6 Å². The molecule has 0 aliphatic heterocycles. The highest BCUT2D eigenvalue weighted by molar-refractivity contribution is 6.55. The fourth-order valence-electron chi connectivity index (χ4n) is 0.786. The van der Waals surface area contributed by atoms with Crippen molar-refractivity contribution in [3.05, 3.63) is 0 Å². The minimum atomic E-state index is -1.74. The first-order valence-electron chi connectivity index (χ1n) is 5.15. The van der Waals surface area contributed by atoms with Gasteiger partial charge in [-0.15, -0.1) is 5.54 Å². The van der Waals surface area contributed by atoms with E-state index in [1.54, 1.807) is 0 Å². The first kappa shape index (κ1) is 13.9. The zero-order valence-corrected chi connectivity index (χ0v) is 13.3. The molecule has 14 heavy (non-hydrogen) atoms. The van der Waals surface area contributed by atoms with Gasteiger partial charge in [0.25, 0.3) is 0 Å². The second-order valence-electron chi connectivity index (χ2n) is 4.06. The minimum absolute atomic E-state index is 0.128. The van der Waals surface area contributed by atoms with Crippen LogP contribution in [0.25, 0.3) is 0 Å². The Bertz CT molecular complexity index is 216. The highest BCUT2D eigenvalue weighted by atomic mass is 28.3. The molecule has 1 unspecified atom stereocenters. The van der Waals surface area contributed by atoms with E-state index in [0.717, 1.165) is 10.2 Å². The molecule has 0 aliphatic rings. The van der Waals surface area contributed by atoms with Gasteiger partial charge in [0.15, 0.2) is 0 Å². The van der Waals surface area contributed by atoms with E-state index < -0.39 is 9.28 Å². The van der Waals surface area contributed by atoms with Gasteiger partial charge in [-0.3, -0.25) is 0 Å². The van der Waals surface area contributed by atoms with E-state index in [4.69, 9.17) is 8.85 Å². The topological polar surface area (TPSA) is 18.5 Å². The first-order valence-corrected chi connectivity index (χ1v) is 7.67. The van der Waals surface area contributed by atoms with Crippen LogP contribution in [0.2, 0.25) is 0 Å². The van der Waals surface area contributed by atoms with Crippen molar-refractivity contribution < 1.29 is 8.85 Å². The molecule has 0 saturated carbocycles. The molecule has 0 radical (unpaired) electrons. The molecule has 2 nitrogen and oxygen atoms in total. The molecule has 0 bridgehead atoms. The molecule has 0 amide bonds. The zero-order valence-electron chi connectivity index (χ0n) is 10.2. The van der Waals surface area contributed by atoms with Gasteiger partial charge in [-0.25, -0.2) is 0 Å². The lowest BCUT2D eigenvalue weighted by atomic mass is 9.95. The highest BCUT2D eigenvalue weighted by Crippen LogP contribution is 2.21. The molecule has 0 heterocycles. The molecular weight excluding hydrogens is 208 g/mol. The van der Waals surface area contributed by atoms with Crippen molar-refractivity contribution in [1.82, 2.24) is 0 Å². The third-order valence-corrected chi connectivity index (χ3v) is 5.23.